The topological polar surface area (TPSA) is 15.3 Å². The second-order valence-corrected chi connectivity index (χ2v) is 7.04. The van der Waals surface area contributed by atoms with E-state index >= 15 is 0 Å². The van der Waals surface area contributed by atoms with Crippen molar-refractivity contribution in [1.29, 1.82) is 0 Å². The van der Waals surface area contributed by atoms with Crippen LogP contribution in [0.25, 0.3) is 0 Å². The standard InChI is InChI=1S/C18H32N2/c1-7-20(17-10-8-16(4)9-11-17)14-18(5,6)13-19-12-15(2)3/h8-11,15,19H,7,12-14H2,1-6H3. The van der Waals surface area contributed by atoms with Crippen molar-refractivity contribution in [3.8, 4) is 0 Å². The van der Waals surface area contributed by atoms with Crippen LogP contribution in [0, 0.1) is 18.3 Å². The molecule has 0 saturated heterocycles. The molecule has 0 saturated carbocycles. The first-order chi connectivity index (χ1) is 9.34. The minimum Gasteiger partial charge on any atom is -0.371 e. The monoisotopic (exact) mass is 276 g/mol. The zero-order chi connectivity index (χ0) is 15.2. The summed E-state index contributed by atoms with van der Waals surface area (Å²) in [5.41, 5.74) is 2.92. The SMILES string of the molecule is CCN(CC(C)(C)CNCC(C)C)c1ccc(C)cc1. The van der Waals surface area contributed by atoms with Crippen molar-refractivity contribution in [2.45, 2.75) is 41.5 Å². The molecule has 0 unspecified atom stereocenters. The number of hydrogen-bond donors (Lipinski definition) is 1. The van der Waals surface area contributed by atoms with Crippen LogP contribution in [-0.4, -0.2) is 26.2 Å². The summed E-state index contributed by atoms with van der Waals surface area (Å²) >= 11 is 0. The fourth-order valence-corrected chi connectivity index (χ4v) is 2.41. The summed E-state index contributed by atoms with van der Waals surface area (Å²) in [6.45, 7) is 17.9. The van der Waals surface area contributed by atoms with Gasteiger partial charge in [0.2, 0.25) is 0 Å². The lowest BCUT2D eigenvalue weighted by atomic mass is 9.92. The Hall–Kier alpha value is -1.02. The molecule has 0 aliphatic heterocycles. The Morgan fingerprint density at radius 2 is 1.75 bits per heavy atom. The van der Waals surface area contributed by atoms with Crippen molar-refractivity contribution in [2.24, 2.45) is 11.3 Å². The highest BCUT2D eigenvalue weighted by atomic mass is 15.1. The lowest BCUT2D eigenvalue weighted by Crippen LogP contribution is -2.41. The van der Waals surface area contributed by atoms with Crippen LogP contribution < -0.4 is 10.2 Å². The zero-order valence-corrected chi connectivity index (χ0v) is 14.2. The van der Waals surface area contributed by atoms with E-state index < -0.39 is 0 Å². The molecule has 1 N–H and O–H groups in total. The Balaban J connectivity index is 2.59. The highest BCUT2D eigenvalue weighted by Crippen LogP contribution is 2.22. The summed E-state index contributed by atoms with van der Waals surface area (Å²) in [6.07, 6.45) is 0. The van der Waals surface area contributed by atoms with Crippen LogP contribution in [0.3, 0.4) is 0 Å². The lowest BCUT2D eigenvalue weighted by molar-refractivity contribution is 0.334. The van der Waals surface area contributed by atoms with Gasteiger partial charge in [-0.05, 0) is 43.9 Å². The third kappa shape index (κ3) is 5.96. The van der Waals surface area contributed by atoms with Gasteiger partial charge in [-0.3, -0.25) is 0 Å². The summed E-state index contributed by atoms with van der Waals surface area (Å²) in [5.74, 6) is 0.713. The minimum absolute atomic E-state index is 0.274. The lowest BCUT2D eigenvalue weighted by Gasteiger charge is -2.34. The Labute approximate surface area is 125 Å². The molecule has 1 rings (SSSR count). The van der Waals surface area contributed by atoms with E-state index in [0.29, 0.717) is 5.92 Å². The van der Waals surface area contributed by atoms with Crippen LogP contribution >= 0.6 is 0 Å². The maximum absolute atomic E-state index is 3.59. The smallest absolute Gasteiger partial charge is 0.0366 e. The Morgan fingerprint density at radius 1 is 1.15 bits per heavy atom. The molecule has 114 valence electrons. The largest absolute Gasteiger partial charge is 0.371 e. The van der Waals surface area contributed by atoms with E-state index in [1.165, 1.54) is 11.3 Å². The molecule has 0 heterocycles. The number of hydrogen-bond acceptors (Lipinski definition) is 2. The number of rotatable bonds is 8. The first kappa shape index (κ1) is 17.0. The highest BCUT2D eigenvalue weighted by molar-refractivity contribution is 5.47. The molecule has 0 bridgehead atoms. The van der Waals surface area contributed by atoms with E-state index in [9.17, 15) is 0 Å². The molecule has 0 fully saturated rings. The molecule has 0 amide bonds. The molecule has 0 aliphatic carbocycles. The van der Waals surface area contributed by atoms with Crippen LogP contribution in [0.1, 0.15) is 40.2 Å². The molecule has 0 radical (unpaired) electrons. The van der Waals surface area contributed by atoms with E-state index in [0.717, 1.165) is 26.2 Å². The number of benzene rings is 1. The van der Waals surface area contributed by atoms with Gasteiger partial charge in [-0.15, -0.1) is 0 Å². The van der Waals surface area contributed by atoms with Crippen molar-refractivity contribution in [3.63, 3.8) is 0 Å². The molecular weight excluding hydrogens is 244 g/mol. The van der Waals surface area contributed by atoms with E-state index in [2.05, 4.69) is 76.0 Å². The number of aryl methyl sites for hydroxylation is 1. The highest BCUT2D eigenvalue weighted by Gasteiger charge is 2.21. The van der Waals surface area contributed by atoms with Gasteiger partial charge in [0, 0.05) is 25.3 Å². The molecule has 0 spiro atoms. The summed E-state index contributed by atoms with van der Waals surface area (Å²) in [5, 5.41) is 3.59. The second kappa shape index (κ2) is 7.68. The first-order valence-electron chi connectivity index (χ1n) is 7.86. The van der Waals surface area contributed by atoms with E-state index in [1.54, 1.807) is 0 Å². The van der Waals surface area contributed by atoms with Gasteiger partial charge >= 0.3 is 0 Å². The van der Waals surface area contributed by atoms with Crippen molar-refractivity contribution < 1.29 is 0 Å². The Morgan fingerprint density at radius 3 is 2.25 bits per heavy atom. The second-order valence-electron chi connectivity index (χ2n) is 7.04. The van der Waals surface area contributed by atoms with Crippen molar-refractivity contribution in [2.75, 3.05) is 31.1 Å². The molecule has 1 aromatic rings. The average Bonchev–Trinajstić information content (AvgIpc) is 2.36. The van der Waals surface area contributed by atoms with Gasteiger partial charge in [0.05, 0.1) is 0 Å². The Bertz CT molecular complexity index is 379. The van der Waals surface area contributed by atoms with E-state index in [-0.39, 0.29) is 5.41 Å². The maximum Gasteiger partial charge on any atom is 0.0366 e. The van der Waals surface area contributed by atoms with Gasteiger partial charge in [-0.1, -0.05) is 45.4 Å². The van der Waals surface area contributed by atoms with E-state index in [1.807, 2.05) is 0 Å². The van der Waals surface area contributed by atoms with Crippen LogP contribution in [0.4, 0.5) is 5.69 Å². The number of anilines is 1. The maximum atomic E-state index is 3.59. The van der Waals surface area contributed by atoms with Gasteiger partial charge in [0.15, 0.2) is 0 Å². The molecule has 1 aromatic carbocycles. The van der Waals surface area contributed by atoms with Crippen molar-refractivity contribution >= 4 is 5.69 Å². The molecule has 0 atom stereocenters. The molecule has 2 heteroatoms. The van der Waals surface area contributed by atoms with Gasteiger partial charge in [0.1, 0.15) is 0 Å². The minimum atomic E-state index is 0.274. The van der Waals surface area contributed by atoms with Gasteiger partial charge < -0.3 is 10.2 Å². The predicted molar refractivity (Wildman–Crippen MR) is 90.6 cm³/mol. The van der Waals surface area contributed by atoms with Crippen LogP contribution in [-0.2, 0) is 0 Å². The molecule has 20 heavy (non-hydrogen) atoms. The Kier molecular flexibility index (Phi) is 6.54. The predicted octanol–water partition coefficient (Wildman–Crippen LogP) is 4.09. The third-order valence-electron chi connectivity index (χ3n) is 3.56. The van der Waals surface area contributed by atoms with Gasteiger partial charge in [-0.2, -0.15) is 0 Å². The normalized spacial score (nSPS) is 11.9. The number of nitrogens with one attached hydrogen (secondary N) is 1. The van der Waals surface area contributed by atoms with Crippen LogP contribution in [0.5, 0.6) is 0 Å². The third-order valence-corrected chi connectivity index (χ3v) is 3.56. The fourth-order valence-electron chi connectivity index (χ4n) is 2.41. The van der Waals surface area contributed by atoms with Gasteiger partial charge in [0.25, 0.3) is 0 Å². The molecular formula is C18H32N2. The van der Waals surface area contributed by atoms with Gasteiger partial charge in [-0.25, -0.2) is 0 Å². The number of nitrogens with zero attached hydrogens (tertiary/aromatic N) is 1. The summed E-state index contributed by atoms with van der Waals surface area (Å²) in [4.78, 5) is 2.47. The van der Waals surface area contributed by atoms with Crippen molar-refractivity contribution in [1.82, 2.24) is 5.32 Å². The molecule has 2 nitrogen and oxygen atoms in total. The van der Waals surface area contributed by atoms with Crippen molar-refractivity contribution in [3.05, 3.63) is 29.8 Å². The summed E-state index contributed by atoms with van der Waals surface area (Å²) < 4.78 is 0. The summed E-state index contributed by atoms with van der Waals surface area (Å²) in [7, 11) is 0. The van der Waals surface area contributed by atoms with Crippen LogP contribution in [0.15, 0.2) is 24.3 Å². The summed E-state index contributed by atoms with van der Waals surface area (Å²) in [6, 6.07) is 8.86. The molecule has 0 aromatic heterocycles. The zero-order valence-electron chi connectivity index (χ0n) is 14.2. The fraction of sp³-hybridized carbons (Fsp3) is 0.667. The average molecular weight is 276 g/mol. The molecule has 0 aliphatic rings. The quantitative estimate of drug-likeness (QED) is 0.769. The first-order valence-corrected chi connectivity index (χ1v) is 7.86. The van der Waals surface area contributed by atoms with Crippen LogP contribution in [0.2, 0.25) is 0 Å². The van der Waals surface area contributed by atoms with E-state index in [4.69, 9.17) is 0 Å².